The van der Waals surface area contributed by atoms with Crippen LogP contribution in [-0.2, 0) is 26.2 Å². The molecule has 1 fully saturated rings. The summed E-state index contributed by atoms with van der Waals surface area (Å²) in [5, 5.41) is 3.96. The van der Waals surface area contributed by atoms with E-state index < -0.39 is 16.1 Å². The van der Waals surface area contributed by atoms with Gasteiger partial charge in [-0.15, -0.1) is 0 Å². The van der Waals surface area contributed by atoms with Crippen molar-refractivity contribution in [3.8, 4) is 0 Å². The second-order valence-corrected chi connectivity index (χ2v) is 12.4. The fourth-order valence-corrected chi connectivity index (χ4v) is 5.96. The molecule has 1 N–H and O–H groups in total. The molecule has 2 aromatic rings. The van der Waals surface area contributed by atoms with Gasteiger partial charge in [0.05, 0.1) is 11.9 Å². The van der Waals surface area contributed by atoms with Crippen LogP contribution in [0.2, 0.25) is 10.0 Å². The van der Waals surface area contributed by atoms with E-state index in [4.69, 9.17) is 23.2 Å². The number of benzene rings is 2. The van der Waals surface area contributed by atoms with Crippen molar-refractivity contribution < 1.29 is 18.0 Å². The van der Waals surface area contributed by atoms with Gasteiger partial charge in [0.25, 0.3) is 0 Å². The van der Waals surface area contributed by atoms with E-state index in [1.807, 2.05) is 19.1 Å². The van der Waals surface area contributed by atoms with Crippen molar-refractivity contribution in [3.05, 3.63) is 63.6 Å². The highest BCUT2D eigenvalue weighted by Crippen LogP contribution is 2.25. The zero-order valence-corrected chi connectivity index (χ0v) is 23.9. The van der Waals surface area contributed by atoms with Crippen LogP contribution in [0.25, 0.3) is 0 Å². The van der Waals surface area contributed by atoms with Crippen LogP contribution in [0.15, 0.2) is 42.5 Å². The van der Waals surface area contributed by atoms with E-state index in [9.17, 15) is 18.0 Å². The van der Waals surface area contributed by atoms with Crippen LogP contribution in [0, 0.1) is 6.92 Å². The lowest BCUT2D eigenvalue weighted by atomic mass is 10.1. The molecule has 37 heavy (non-hydrogen) atoms. The standard InChI is InChI=1S/C27H35Cl2N3O4S/c1-19-10-14-24(15-11-19)32(37(3,35)36)16-6-9-26(33)31(18-21-12-13-22(28)17-25(21)29)20(2)27(34)30-23-7-4-5-8-23/h10-15,17,20,23H,4-9,16,18H2,1-3H3,(H,30,34)/t20-/m0/s1. The van der Waals surface area contributed by atoms with Gasteiger partial charge in [0, 0.05) is 35.6 Å². The highest BCUT2D eigenvalue weighted by Gasteiger charge is 2.29. The molecule has 1 aliphatic carbocycles. The number of carbonyl (C=O) groups is 2. The van der Waals surface area contributed by atoms with Crippen LogP contribution >= 0.6 is 23.2 Å². The molecule has 0 heterocycles. The van der Waals surface area contributed by atoms with Gasteiger partial charge in [0.1, 0.15) is 6.04 Å². The first-order chi connectivity index (χ1) is 17.5. The van der Waals surface area contributed by atoms with Crippen LogP contribution in [-0.4, -0.2) is 50.0 Å². The predicted molar refractivity (Wildman–Crippen MR) is 149 cm³/mol. The van der Waals surface area contributed by atoms with Gasteiger partial charge in [0.2, 0.25) is 21.8 Å². The number of nitrogens with zero attached hydrogens (tertiary/aromatic N) is 2. The normalized spacial score (nSPS) is 14.8. The fourth-order valence-electron chi connectivity index (χ4n) is 4.52. The Kier molecular flexibility index (Phi) is 10.3. The quantitative estimate of drug-likeness (QED) is 0.398. The zero-order valence-electron chi connectivity index (χ0n) is 21.5. The summed E-state index contributed by atoms with van der Waals surface area (Å²) in [7, 11) is -3.54. The van der Waals surface area contributed by atoms with Gasteiger partial charge in [-0.3, -0.25) is 13.9 Å². The average Bonchev–Trinajstić information content (AvgIpc) is 3.34. The average molecular weight is 569 g/mol. The molecule has 0 radical (unpaired) electrons. The first-order valence-electron chi connectivity index (χ1n) is 12.5. The van der Waals surface area contributed by atoms with Gasteiger partial charge in [-0.2, -0.15) is 0 Å². The van der Waals surface area contributed by atoms with Crippen LogP contribution in [0.4, 0.5) is 5.69 Å². The van der Waals surface area contributed by atoms with E-state index >= 15 is 0 Å². The van der Waals surface area contributed by atoms with Crippen LogP contribution < -0.4 is 9.62 Å². The summed E-state index contributed by atoms with van der Waals surface area (Å²) in [4.78, 5) is 28.0. The molecule has 3 rings (SSSR count). The Bertz CT molecular complexity index is 1200. The molecular weight excluding hydrogens is 533 g/mol. The Morgan fingerprint density at radius 2 is 1.73 bits per heavy atom. The summed E-state index contributed by atoms with van der Waals surface area (Å²) in [5.41, 5.74) is 2.25. The molecule has 0 aliphatic heterocycles. The zero-order chi connectivity index (χ0) is 27.2. The van der Waals surface area contributed by atoms with Gasteiger partial charge >= 0.3 is 0 Å². The molecule has 202 valence electrons. The SMILES string of the molecule is Cc1ccc(N(CCCC(=O)N(Cc2ccc(Cl)cc2Cl)[C@@H](C)C(=O)NC2CCCC2)S(C)(=O)=O)cc1. The number of anilines is 1. The van der Waals surface area contributed by atoms with Crippen molar-refractivity contribution in [2.24, 2.45) is 0 Å². The summed E-state index contributed by atoms with van der Waals surface area (Å²) < 4.78 is 26.2. The van der Waals surface area contributed by atoms with Crippen molar-refractivity contribution in [1.29, 1.82) is 0 Å². The largest absolute Gasteiger partial charge is 0.352 e. The van der Waals surface area contributed by atoms with Crippen molar-refractivity contribution in [2.75, 3.05) is 17.1 Å². The third-order valence-electron chi connectivity index (χ3n) is 6.70. The molecule has 1 atom stereocenters. The predicted octanol–water partition coefficient (Wildman–Crippen LogP) is 5.32. The lowest BCUT2D eigenvalue weighted by Gasteiger charge is -2.30. The number of sulfonamides is 1. The molecule has 0 unspecified atom stereocenters. The molecule has 1 aliphatic rings. The Morgan fingerprint density at radius 1 is 1.08 bits per heavy atom. The highest BCUT2D eigenvalue weighted by atomic mass is 35.5. The minimum absolute atomic E-state index is 0.0736. The Morgan fingerprint density at radius 3 is 2.32 bits per heavy atom. The maximum atomic E-state index is 13.4. The molecular formula is C27H35Cl2N3O4S. The molecule has 2 aromatic carbocycles. The number of amides is 2. The molecule has 0 bridgehead atoms. The highest BCUT2D eigenvalue weighted by molar-refractivity contribution is 7.92. The maximum absolute atomic E-state index is 13.4. The number of halogens is 2. The van der Waals surface area contributed by atoms with Crippen molar-refractivity contribution in [2.45, 2.75) is 71.0 Å². The van der Waals surface area contributed by atoms with E-state index in [1.165, 1.54) is 9.21 Å². The summed E-state index contributed by atoms with van der Waals surface area (Å²) in [6, 6.07) is 11.7. The minimum atomic E-state index is -3.54. The fraction of sp³-hybridized carbons (Fsp3) is 0.481. The number of nitrogens with one attached hydrogen (secondary N) is 1. The van der Waals surface area contributed by atoms with E-state index in [1.54, 1.807) is 37.3 Å². The number of hydrogen-bond donors (Lipinski definition) is 1. The lowest BCUT2D eigenvalue weighted by Crippen LogP contribution is -2.49. The molecule has 0 spiro atoms. The lowest BCUT2D eigenvalue weighted by molar-refractivity contribution is -0.140. The van der Waals surface area contributed by atoms with E-state index in [0.29, 0.717) is 27.7 Å². The second kappa shape index (κ2) is 13.0. The van der Waals surface area contributed by atoms with Gasteiger partial charge < -0.3 is 10.2 Å². The summed E-state index contributed by atoms with van der Waals surface area (Å²) in [5.74, 6) is -0.458. The van der Waals surface area contributed by atoms with Crippen molar-refractivity contribution in [3.63, 3.8) is 0 Å². The molecule has 7 nitrogen and oxygen atoms in total. The van der Waals surface area contributed by atoms with E-state index in [0.717, 1.165) is 37.5 Å². The third-order valence-corrected chi connectivity index (χ3v) is 8.48. The van der Waals surface area contributed by atoms with Crippen LogP contribution in [0.5, 0.6) is 0 Å². The van der Waals surface area contributed by atoms with Crippen LogP contribution in [0.1, 0.15) is 56.6 Å². The summed E-state index contributed by atoms with van der Waals surface area (Å²) in [6.45, 7) is 3.92. The monoisotopic (exact) mass is 567 g/mol. The van der Waals surface area contributed by atoms with Gasteiger partial charge in [-0.25, -0.2) is 8.42 Å². The molecule has 10 heteroatoms. The molecule has 0 saturated heterocycles. The maximum Gasteiger partial charge on any atom is 0.242 e. The first-order valence-corrected chi connectivity index (χ1v) is 15.1. The second-order valence-electron chi connectivity index (χ2n) is 9.70. The topological polar surface area (TPSA) is 86.8 Å². The van der Waals surface area contributed by atoms with Crippen molar-refractivity contribution in [1.82, 2.24) is 10.2 Å². The van der Waals surface area contributed by atoms with Crippen molar-refractivity contribution >= 4 is 50.7 Å². The van der Waals surface area contributed by atoms with Gasteiger partial charge in [-0.1, -0.05) is 59.8 Å². The van der Waals surface area contributed by atoms with Gasteiger partial charge in [-0.05, 0) is 62.9 Å². The number of aryl methyl sites for hydroxylation is 1. The molecule has 2 amide bonds. The minimum Gasteiger partial charge on any atom is -0.352 e. The Hall–Kier alpha value is -2.29. The third kappa shape index (κ3) is 8.35. The number of carbonyl (C=O) groups excluding carboxylic acids is 2. The first kappa shape index (κ1) is 29.3. The molecule has 0 aromatic heterocycles. The Labute approximate surface area is 230 Å². The van der Waals surface area contributed by atoms with Crippen LogP contribution in [0.3, 0.4) is 0 Å². The molecule has 1 saturated carbocycles. The summed E-state index contributed by atoms with van der Waals surface area (Å²) >= 11 is 12.4. The van der Waals surface area contributed by atoms with E-state index in [-0.39, 0.29) is 37.4 Å². The van der Waals surface area contributed by atoms with E-state index in [2.05, 4.69) is 5.32 Å². The van der Waals surface area contributed by atoms with Gasteiger partial charge in [0.15, 0.2) is 0 Å². The Balaban J connectivity index is 1.74. The smallest absolute Gasteiger partial charge is 0.242 e. The number of hydrogen-bond acceptors (Lipinski definition) is 4. The summed E-state index contributed by atoms with van der Waals surface area (Å²) in [6.07, 6.45) is 5.57. The number of rotatable bonds is 11.